The summed E-state index contributed by atoms with van der Waals surface area (Å²) in [5, 5.41) is 0.170. The monoisotopic (exact) mass is 160 g/mol. The molecule has 56 valence electrons. The maximum absolute atomic E-state index is 4.63. The Labute approximate surface area is 64.6 Å². The number of nitrogens with zero attached hydrogens (tertiary/aromatic N) is 2. The van der Waals surface area contributed by atoms with Gasteiger partial charge in [-0.3, -0.25) is 0 Å². The minimum atomic E-state index is 0.170. The second kappa shape index (κ2) is 6.15. The quantitative estimate of drug-likeness (QED) is 0.338. The molecular weight excluding hydrogens is 152 g/mol. The Bertz CT molecular complexity index is 140. The zero-order valence-electron chi connectivity index (χ0n) is 5.77. The van der Waals surface area contributed by atoms with Crippen molar-refractivity contribution in [3.63, 3.8) is 0 Å². The first-order valence-electron chi connectivity index (χ1n) is 2.46. The van der Waals surface area contributed by atoms with Crippen LogP contribution in [0.1, 0.15) is 0 Å². The molecule has 0 spiro atoms. The van der Waals surface area contributed by atoms with Crippen molar-refractivity contribution in [3.8, 4) is 0 Å². The summed E-state index contributed by atoms with van der Waals surface area (Å²) in [6, 6.07) is 0. The summed E-state index contributed by atoms with van der Waals surface area (Å²) in [6.45, 7) is 0. The third-order valence-corrected chi connectivity index (χ3v) is 0.748. The predicted octanol–water partition coefficient (Wildman–Crippen LogP) is 0.621. The van der Waals surface area contributed by atoms with Gasteiger partial charge in [0.05, 0.1) is 14.2 Å². The second-order valence-corrected chi connectivity index (χ2v) is 1.59. The third kappa shape index (κ3) is 5.17. The maximum atomic E-state index is 4.63. The molecule has 0 aromatic rings. The number of aliphatic imine (C=N–C) groups is 2. The fourth-order valence-corrected chi connectivity index (χ4v) is 0.315. The summed E-state index contributed by atoms with van der Waals surface area (Å²) in [4.78, 5) is 7.17. The van der Waals surface area contributed by atoms with E-state index >= 15 is 0 Å². The predicted molar refractivity (Wildman–Crippen MR) is 43.6 cm³/mol. The Morgan fingerprint density at radius 3 is 1.90 bits per heavy atom. The molecular formula is C5H8N2O2S. The van der Waals surface area contributed by atoms with Gasteiger partial charge in [0.2, 0.25) is 5.11 Å². The van der Waals surface area contributed by atoms with Gasteiger partial charge in [0.1, 0.15) is 0 Å². The molecule has 0 aliphatic rings. The lowest BCUT2D eigenvalue weighted by Gasteiger charge is -1.86. The number of hydrogen-bond donors (Lipinski definition) is 0. The van der Waals surface area contributed by atoms with Crippen molar-refractivity contribution in [2.24, 2.45) is 9.98 Å². The number of rotatable bonds is 2. The fourth-order valence-electron chi connectivity index (χ4n) is 0.229. The van der Waals surface area contributed by atoms with E-state index in [1.807, 2.05) is 0 Å². The molecule has 0 unspecified atom stereocenters. The molecule has 0 saturated carbocycles. The summed E-state index contributed by atoms with van der Waals surface area (Å²) in [5.41, 5.74) is 0. The van der Waals surface area contributed by atoms with Gasteiger partial charge in [0.15, 0.2) is 12.8 Å². The number of methoxy groups -OCH3 is 2. The van der Waals surface area contributed by atoms with Crippen molar-refractivity contribution in [2.75, 3.05) is 14.2 Å². The summed E-state index contributed by atoms with van der Waals surface area (Å²) >= 11 is 4.63. The highest BCUT2D eigenvalue weighted by molar-refractivity contribution is 7.80. The topological polar surface area (TPSA) is 43.2 Å². The molecule has 0 aromatic carbocycles. The Balaban J connectivity index is 3.63. The largest absolute Gasteiger partial charge is 0.486 e. The van der Waals surface area contributed by atoms with E-state index in [1.165, 1.54) is 27.0 Å². The van der Waals surface area contributed by atoms with Gasteiger partial charge in [-0.05, 0) is 12.2 Å². The number of ether oxygens (including phenoxy) is 2. The molecule has 0 atom stereocenters. The van der Waals surface area contributed by atoms with Crippen LogP contribution in [-0.2, 0) is 9.47 Å². The Morgan fingerprint density at radius 1 is 1.20 bits per heavy atom. The van der Waals surface area contributed by atoms with Crippen LogP contribution >= 0.6 is 12.2 Å². The Morgan fingerprint density at radius 2 is 1.60 bits per heavy atom. The van der Waals surface area contributed by atoms with Gasteiger partial charge < -0.3 is 9.47 Å². The number of hydrogen-bond acceptors (Lipinski definition) is 3. The SMILES string of the molecule is COC=NC(=S)N=COC. The molecule has 5 heteroatoms. The smallest absolute Gasteiger partial charge is 0.224 e. The average Bonchev–Trinajstić information content (AvgIpc) is 1.97. The molecule has 0 N–H and O–H groups in total. The lowest BCUT2D eigenvalue weighted by Crippen LogP contribution is -1.88. The van der Waals surface area contributed by atoms with E-state index in [2.05, 4.69) is 31.7 Å². The molecule has 0 radical (unpaired) electrons. The minimum Gasteiger partial charge on any atom is -0.486 e. The van der Waals surface area contributed by atoms with Gasteiger partial charge in [-0.25, -0.2) is 0 Å². The summed E-state index contributed by atoms with van der Waals surface area (Å²) in [5.74, 6) is 0. The Hall–Kier alpha value is -0.970. The molecule has 0 amide bonds. The van der Waals surface area contributed by atoms with Crippen molar-refractivity contribution in [2.45, 2.75) is 0 Å². The van der Waals surface area contributed by atoms with Gasteiger partial charge in [-0.2, -0.15) is 9.98 Å². The molecule has 0 aromatic heterocycles. The van der Waals surface area contributed by atoms with Gasteiger partial charge >= 0.3 is 0 Å². The van der Waals surface area contributed by atoms with E-state index in [0.717, 1.165) is 0 Å². The van der Waals surface area contributed by atoms with Crippen molar-refractivity contribution < 1.29 is 9.47 Å². The van der Waals surface area contributed by atoms with E-state index in [-0.39, 0.29) is 5.11 Å². The molecule has 0 aliphatic heterocycles. The van der Waals surface area contributed by atoms with Crippen LogP contribution in [-0.4, -0.2) is 32.1 Å². The molecule has 0 aliphatic carbocycles. The molecule has 0 saturated heterocycles. The van der Waals surface area contributed by atoms with E-state index in [9.17, 15) is 0 Å². The second-order valence-electron chi connectivity index (χ2n) is 1.22. The molecule has 0 rings (SSSR count). The first kappa shape index (κ1) is 9.03. The van der Waals surface area contributed by atoms with Crippen LogP contribution in [0.2, 0.25) is 0 Å². The number of thiocarbonyl (C=S) groups is 1. The van der Waals surface area contributed by atoms with Crippen LogP contribution in [0.5, 0.6) is 0 Å². The van der Waals surface area contributed by atoms with E-state index < -0.39 is 0 Å². The van der Waals surface area contributed by atoms with Crippen LogP contribution in [0.25, 0.3) is 0 Å². The van der Waals surface area contributed by atoms with Crippen molar-refractivity contribution in [3.05, 3.63) is 0 Å². The molecule has 4 nitrogen and oxygen atoms in total. The first-order valence-corrected chi connectivity index (χ1v) is 2.86. The maximum Gasteiger partial charge on any atom is 0.224 e. The molecule has 0 bridgehead atoms. The zero-order valence-corrected chi connectivity index (χ0v) is 6.59. The van der Waals surface area contributed by atoms with Crippen LogP contribution in [0.3, 0.4) is 0 Å². The van der Waals surface area contributed by atoms with Crippen molar-refractivity contribution in [1.29, 1.82) is 0 Å². The van der Waals surface area contributed by atoms with Crippen LogP contribution in [0.4, 0.5) is 0 Å². The highest BCUT2D eigenvalue weighted by Crippen LogP contribution is 1.79. The molecule has 10 heavy (non-hydrogen) atoms. The average molecular weight is 160 g/mol. The van der Waals surface area contributed by atoms with Gasteiger partial charge in [-0.1, -0.05) is 0 Å². The van der Waals surface area contributed by atoms with E-state index in [1.54, 1.807) is 0 Å². The highest BCUT2D eigenvalue weighted by atomic mass is 32.1. The van der Waals surface area contributed by atoms with E-state index in [0.29, 0.717) is 0 Å². The zero-order chi connectivity index (χ0) is 7.82. The third-order valence-electron chi connectivity index (χ3n) is 0.537. The highest BCUT2D eigenvalue weighted by Gasteiger charge is 1.81. The Kier molecular flexibility index (Phi) is 5.56. The first-order chi connectivity index (χ1) is 4.81. The normalized spacial score (nSPS) is 10.6. The minimum absolute atomic E-state index is 0.170. The van der Waals surface area contributed by atoms with Crippen LogP contribution in [0.15, 0.2) is 9.98 Å². The van der Waals surface area contributed by atoms with Crippen LogP contribution in [0, 0.1) is 0 Å². The van der Waals surface area contributed by atoms with Gasteiger partial charge in [-0.15, -0.1) is 0 Å². The van der Waals surface area contributed by atoms with Crippen molar-refractivity contribution >= 4 is 30.1 Å². The summed E-state index contributed by atoms with van der Waals surface area (Å²) in [7, 11) is 2.96. The summed E-state index contributed by atoms with van der Waals surface area (Å²) in [6.07, 6.45) is 2.41. The standard InChI is InChI=1S/C5H8N2O2S/c1-8-3-6-5(10)7-4-9-2/h3-4H,1-2H3. The summed E-state index contributed by atoms with van der Waals surface area (Å²) < 4.78 is 9.00. The lowest BCUT2D eigenvalue weighted by molar-refractivity contribution is 0.422. The van der Waals surface area contributed by atoms with E-state index in [4.69, 9.17) is 0 Å². The molecule has 0 fully saturated rings. The van der Waals surface area contributed by atoms with Gasteiger partial charge in [0, 0.05) is 0 Å². The fraction of sp³-hybridized carbons (Fsp3) is 0.400. The van der Waals surface area contributed by atoms with Crippen LogP contribution < -0.4 is 0 Å². The lowest BCUT2D eigenvalue weighted by atomic mass is 11.1. The van der Waals surface area contributed by atoms with Gasteiger partial charge in [0.25, 0.3) is 0 Å². The van der Waals surface area contributed by atoms with Crippen molar-refractivity contribution in [1.82, 2.24) is 0 Å². The molecule has 0 heterocycles.